The molecule has 4 rings (SSSR count). The summed E-state index contributed by atoms with van der Waals surface area (Å²) in [5, 5.41) is 13.4. The van der Waals surface area contributed by atoms with Gasteiger partial charge in [0.05, 0.1) is 23.3 Å². The van der Waals surface area contributed by atoms with Crippen LogP contribution in [-0.4, -0.2) is 64.6 Å². The fraction of sp³-hybridized carbons (Fsp3) is 0.560. The first-order valence-electron chi connectivity index (χ1n) is 12.1. The van der Waals surface area contributed by atoms with Gasteiger partial charge in [0.2, 0.25) is 5.91 Å². The zero-order chi connectivity index (χ0) is 26.2. The predicted octanol–water partition coefficient (Wildman–Crippen LogP) is 3.61. The molecule has 36 heavy (non-hydrogen) atoms. The number of aliphatic hydroxyl groups excluding tert-OH is 1. The van der Waals surface area contributed by atoms with E-state index in [1.54, 1.807) is 4.90 Å². The number of rotatable bonds is 6. The van der Waals surface area contributed by atoms with Crippen molar-refractivity contribution in [2.45, 2.75) is 57.3 Å². The lowest BCUT2D eigenvalue weighted by atomic mass is 9.94. The van der Waals surface area contributed by atoms with Crippen LogP contribution >= 0.6 is 0 Å². The van der Waals surface area contributed by atoms with Crippen LogP contribution in [0.2, 0.25) is 0 Å². The van der Waals surface area contributed by atoms with Gasteiger partial charge in [-0.25, -0.2) is 14.4 Å². The van der Waals surface area contributed by atoms with Gasteiger partial charge in [0.25, 0.3) is 0 Å². The number of aliphatic hydroxyl groups is 1. The summed E-state index contributed by atoms with van der Waals surface area (Å²) in [5.74, 6) is -1.47. The number of halogens is 4. The number of amides is 1. The second-order valence-corrected chi connectivity index (χ2v) is 9.81. The summed E-state index contributed by atoms with van der Waals surface area (Å²) in [6.45, 7) is 7.56. The number of carbonyl (C=O) groups is 1. The van der Waals surface area contributed by atoms with Gasteiger partial charge >= 0.3 is 6.18 Å². The first kappa shape index (κ1) is 26.3. The van der Waals surface area contributed by atoms with E-state index in [1.807, 2.05) is 20.8 Å². The van der Waals surface area contributed by atoms with Crippen LogP contribution in [0.3, 0.4) is 0 Å². The van der Waals surface area contributed by atoms with E-state index in [2.05, 4.69) is 20.2 Å². The Morgan fingerprint density at radius 3 is 2.50 bits per heavy atom. The summed E-state index contributed by atoms with van der Waals surface area (Å²) in [5.41, 5.74) is 0.427. The Kier molecular flexibility index (Phi) is 7.51. The lowest BCUT2D eigenvalue weighted by Crippen LogP contribution is -2.51. The topological polar surface area (TPSA) is 81.6 Å². The fourth-order valence-corrected chi connectivity index (χ4v) is 4.98. The van der Waals surface area contributed by atoms with Crippen molar-refractivity contribution in [3.8, 4) is 0 Å². The zero-order valence-corrected chi connectivity index (χ0v) is 20.5. The standard InChI is InChI=1S/C25H31F4N5O2/c1-14(2)30-12-18(17-5-4-16(11-19(17)26)25(27,28)29)24(36)34-8-6-33(7-9-34)23-21-15(3)10-20(35)22(21)31-13-32-23/h4-5,11,13-15,18,20,30,35H,6-10,12H2,1-3H3/t15-,18?,20?/m1/s1. The number of fused-ring (bicyclic) bond motifs is 1. The van der Waals surface area contributed by atoms with Gasteiger partial charge in [-0.3, -0.25) is 4.79 Å². The molecule has 2 unspecified atom stereocenters. The average Bonchev–Trinajstić information content (AvgIpc) is 3.12. The molecular weight excluding hydrogens is 478 g/mol. The van der Waals surface area contributed by atoms with Crippen molar-refractivity contribution < 1.29 is 27.5 Å². The second-order valence-electron chi connectivity index (χ2n) is 9.81. The van der Waals surface area contributed by atoms with Crippen LogP contribution in [0.15, 0.2) is 24.5 Å². The third-order valence-electron chi connectivity index (χ3n) is 6.90. The lowest BCUT2D eigenvalue weighted by Gasteiger charge is -2.38. The van der Waals surface area contributed by atoms with Gasteiger partial charge in [0.15, 0.2) is 0 Å². The maximum atomic E-state index is 14.8. The van der Waals surface area contributed by atoms with Crippen molar-refractivity contribution in [1.29, 1.82) is 0 Å². The van der Waals surface area contributed by atoms with Crippen LogP contribution in [0.4, 0.5) is 23.4 Å². The van der Waals surface area contributed by atoms with Crippen LogP contribution in [-0.2, 0) is 11.0 Å². The highest BCUT2D eigenvalue weighted by atomic mass is 19.4. The minimum atomic E-state index is -4.67. The molecule has 0 bridgehead atoms. The molecule has 0 saturated carbocycles. The predicted molar refractivity (Wildman–Crippen MR) is 126 cm³/mol. The number of aromatic nitrogens is 2. The molecule has 196 valence electrons. The molecular formula is C25H31F4N5O2. The molecule has 3 atom stereocenters. The molecule has 2 heterocycles. The number of carbonyl (C=O) groups excluding carboxylic acids is 1. The number of hydrogen-bond acceptors (Lipinski definition) is 6. The molecule has 1 aliphatic heterocycles. The fourth-order valence-electron chi connectivity index (χ4n) is 4.98. The number of piperazine rings is 1. The van der Waals surface area contributed by atoms with E-state index in [1.165, 1.54) is 6.33 Å². The Morgan fingerprint density at radius 1 is 1.19 bits per heavy atom. The van der Waals surface area contributed by atoms with E-state index in [0.717, 1.165) is 23.5 Å². The van der Waals surface area contributed by atoms with Crippen LogP contribution in [0.25, 0.3) is 0 Å². The Hall–Kier alpha value is -2.79. The van der Waals surface area contributed by atoms with E-state index in [0.29, 0.717) is 44.4 Å². The molecule has 11 heteroatoms. The van der Waals surface area contributed by atoms with Crippen molar-refractivity contribution in [1.82, 2.24) is 20.2 Å². The first-order chi connectivity index (χ1) is 17.0. The summed E-state index contributed by atoms with van der Waals surface area (Å²) >= 11 is 0. The third kappa shape index (κ3) is 5.31. The van der Waals surface area contributed by atoms with Crippen molar-refractivity contribution in [3.05, 3.63) is 52.7 Å². The number of nitrogens with zero attached hydrogens (tertiary/aromatic N) is 4. The molecule has 2 aromatic rings. The van der Waals surface area contributed by atoms with E-state index in [4.69, 9.17) is 0 Å². The van der Waals surface area contributed by atoms with E-state index in [9.17, 15) is 27.5 Å². The number of nitrogens with one attached hydrogen (secondary N) is 1. The third-order valence-corrected chi connectivity index (χ3v) is 6.90. The van der Waals surface area contributed by atoms with Crippen molar-refractivity contribution in [3.63, 3.8) is 0 Å². The Morgan fingerprint density at radius 2 is 1.89 bits per heavy atom. The summed E-state index contributed by atoms with van der Waals surface area (Å²) in [7, 11) is 0. The largest absolute Gasteiger partial charge is 0.416 e. The van der Waals surface area contributed by atoms with E-state index < -0.39 is 29.6 Å². The van der Waals surface area contributed by atoms with E-state index in [-0.39, 0.29) is 30.0 Å². The molecule has 1 aromatic heterocycles. The molecule has 7 nitrogen and oxygen atoms in total. The number of anilines is 1. The molecule has 1 aromatic carbocycles. The Bertz CT molecular complexity index is 1100. The maximum Gasteiger partial charge on any atom is 0.416 e. The highest BCUT2D eigenvalue weighted by molar-refractivity contribution is 5.84. The molecule has 2 aliphatic rings. The quantitative estimate of drug-likeness (QED) is 0.580. The Balaban J connectivity index is 1.51. The molecule has 0 spiro atoms. The smallest absolute Gasteiger partial charge is 0.387 e. The normalized spacial score (nSPS) is 21.1. The van der Waals surface area contributed by atoms with Gasteiger partial charge in [-0.1, -0.05) is 26.8 Å². The summed E-state index contributed by atoms with van der Waals surface area (Å²) in [6, 6.07) is 2.34. The van der Waals surface area contributed by atoms with Crippen LogP contribution in [0.5, 0.6) is 0 Å². The number of hydrogen-bond donors (Lipinski definition) is 2. The van der Waals surface area contributed by atoms with Crippen LogP contribution in [0.1, 0.15) is 67.5 Å². The van der Waals surface area contributed by atoms with Crippen LogP contribution < -0.4 is 10.2 Å². The van der Waals surface area contributed by atoms with Crippen molar-refractivity contribution in [2.24, 2.45) is 0 Å². The van der Waals surface area contributed by atoms with Gasteiger partial charge in [-0.05, 0) is 24.5 Å². The van der Waals surface area contributed by atoms with Crippen molar-refractivity contribution in [2.75, 3.05) is 37.6 Å². The van der Waals surface area contributed by atoms with Crippen molar-refractivity contribution >= 4 is 11.7 Å². The van der Waals surface area contributed by atoms with Gasteiger partial charge in [0, 0.05) is 49.9 Å². The zero-order valence-electron chi connectivity index (χ0n) is 20.5. The lowest BCUT2D eigenvalue weighted by molar-refractivity contribution is -0.137. The minimum absolute atomic E-state index is 0.00635. The molecule has 1 amide bonds. The van der Waals surface area contributed by atoms with Gasteiger partial charge in [0.1, 0.15) is 18.0 Å². The summed E-state index contributed by atoms with van der Waals surface area (Å²) < 4.78 is 53.9. The molecule has 1 aliphatic carbocycles. The first-order valence-corrected chi connectivity index (χ1v) is 12.1. The average molecular weight is 510 g/mol. The second kappa shape index (κ2) is 10.3. The summed E-state index contributed by atoms with van der Waals surface area (Å²) in [4.78, 5) is 25.9. The van der Waals surface area contributed by atoms with E-state index >= 15 is 0 Å². The number of benzene rings is 1. The van der Waals surface area contributed by atoms with Crippen LogP contribution in [0, 0.1) is 5.82 Å². The monoisotopic (exact) mass is 509 g/mol. The highest BCUT2D eigenvalue weighted by Gasteiger charge is 2.36. The SMILES string of the molecule is CC(C)NCC(C(=O)N1CCN(c2ncnc3c2[C@H](C)CC3O)CC1)c1ccc(C(F)(F)F)cc1F. The summed E-state index contributed by atoms with van der Waals surface area (Å²) in [6.07, 6.45) is -3.26. The molecule has 0 radical (unpaired) electrons. The number of alkyl halides is 3. The maximum absolute atomic E-state index is 14.8. The molecule has 2 N–H and O–H groups in total. The Labute approximate surface area is 207 Å². The van der Waals surface area contributed by atoms with Gasteiger partial charge < -0.3 is 20.2 Å². The minimum Gasteiger partial charge on any atom is -0.387 e. The van der Waals surface area contributed by atoms with Gasteiger partial charge in [-0.2, -0.15) is 13.2 Å². The molecule has 1 fully saturated rings. The van der Waals surface area contributed by atoms with Gasteiger partial charge in [-0.15, -0.1) is 0 Å². The molecule has 1 saturated heterocycles. The highest BCUT2D eigenvalue weighted by Crippen LogP contribution is 2.43.